The van der Waals surface area contributed by atoms with Crippen molar-refractivity contribution in [2.75, 3.05) is 13.2 Å². The lowest BCUT2D eigenvalue weighted by atomic mass is 10.1. The maximum atomic E-state index is 12.4. The number of aromatic amines is 1. The Bertz CT molecular complexity index is 741. The van der Waals surface area contributed by atoms with Gasteiger partial charge in [0.2, 0.25) is 0 Å². The molecule has 0 aliphatic rings. The van der Waals surface area contributed by atoms with E-state index in [4.69, 9.17) is 0 Å². The van der Waals surface area contributed by atoms with E-state index in [9.17, 15) is 14.7 Å². The fourth-order valence-electron chi connectivity index (χ4n) is 2.55. The zero-order valence-electron chi connectivity index (χ0n) is 14.0. The Morgan fingerprint density at radius 3 is 2.58 bits per heavy atom. The average Bonchev–Trinajstić information content (AvgIpc) is 2.54. The van der Waals surface area contributed by atoms with Crippen molar-refractivity contribution in [3.05, 3.63) is 69.1 Å². The highest BCUT2D eigenvalue weighted by molar-refractivity contribution is 5.74. The lowest BCUT2D eigenvalue weighted by molar-refractivity contribution is 0.173. The third-order valence-corrected chi connectivity index (χ3v) is 3.78. The van der Waals surface area contributed by atoms with Crippen LogP contribution >= 0.6 is 0 Å². The number of carbonyl (C=O) groups excluding carboxylic acids is 1. The number of aliphatic hydroxyl groups excluding tert-OH is 1. The molecule has 0 radical (unpaired) electrons. The third-order valence-electron chi connectivity index (χ3n) is 3.78. The quantitative estimate of drug-likeness (QED) is 0.754. The van der Waals surface area contributed by atoms with Crippen molar-refractivity contribution >= 4 is 6.03 Å². The number of nitrogens with zero attached hydrogens (tertiary/aromatic N) is 1. The van der Waals surface area contributed by atoms with E-state index >= 15 is 0 Å². The van der Waals surface area contributed by atoms with E-state index in [1.54, 1.807) is 0 Å². The Hall–Kier alpha value is -2.60. The zero-order chi connectivity index (χ0) is 17.5. The van der Waals surface area contributed by atoms with Gasteiger partial charge in [-0.25, -0.2) is 4.79 Å². The molecule has 128 valence electrons. The van der Waals surface area contributed by atoms with Crippen LogP contribution < -0.4 is 10.9 Å². The molecule has 0 aliphatic heterocycles. The summed E-state index contributed by atoms with van der Waals surface area (Å²) in [6.45, 7) is 4.32. The van der Waals surface area contributed by atoms with Gasteiger partial charge >= 0.3 is 6.03 Å². The van der Waals surface area contributed by atoms with E-state index in [0.29, 0.717) is 12.1 Å². The Labute approximate surface area is 141 Å². The van der Waals surface area contributed by atoms with Gasteiger partial charge in [-0.2, -0.15) is 0 Å². The summed E-state index contributed by atoms with van der Waals surface area (Å²) in [5.41, 5.74) is 2.96. The minimum absolute atomic E-state index is 0.121. The number of aromatic nitrogens is 1. The first-order valence-electron chi connectivity index (χ1n) is 7.88. The van der Waals surface area contributed by atoms with Crippen LogP contribution in [0.25, 0.3) is 0 Å². The van der Waals surface area contributed by atoms with Crippen molar-refractivity contribution in [1.82, 2.24) is 15.2 Å². The van der Waals surface area contributed by atoms with Crippen molar-refractivity contribution in [3.63, 3.8) is 0 Å². The second-order valence-electron chi connectivity index (χ2n) is 5.73. The minimum Gasteiger partial charge on any atom is -0.395 e. The highest BCUT2D eigenvalue weighted by Crippen LogP contribution is 2.06. The molecule has 0 bridgehead atoms. The summed E-state index contributed by atoms with van der Waals surface area (Å²) in [6.07, 6.45) is 0. The predicted octanol–water partition coefficient (Wildman–Crippen LogP) is 1.70. The van der Waals surface area contributed by atoms with Gasteiger partial charge in [-0.05, 0) is 31.0 Å². The standard InChI is InChI=1S/C18H23N3O3/c1-13-10-14(2)20-17(23)16(13)11-19-18(24)21(8-9-22)12-15-6-4-3-5-7-15/h3-7,10,22H,8-9,11-12H2,1-2H3,(H,19,24)(H,20,23). The Balaban J connectivity index is 2.04. The number of hydrogen-bond acceptors (Lipinski definition) is 3. The first kappa shape index (κ1) is 17.7. The summed E-state index contributed by atoms with van der Waals surface area (Å²) >= 11 is 0. The van der Waals surface area contributed by atoms with Crippen LogP contribution in [0.2, 0.25) is 0 Å². The highest BCUT2D eigenvalue weighted by Gasteiger charge is 2.14. The molecule has 6 nitrogen and oxygen atoms in total. The molecule has 1 aromatic carbocycles. The summed E-state index contributed by atoms with van der Waals surface area (Å²) in [4.78, 5) is 28.6. The number of urea groups is 1. The minimum atomic E-state index is -0.313. The number of carbonyl (C=O) groups is 1. The van der Waals surface area contributed by atoms with Gasteiger partial charge in [-0.1, -0.05) is 30.3 Å². The van der Waals surface area contributed by atoms with E-state index in [1.165, 1.54) is 4.90 Å². The fraction of sp³-hybridized carbons (Fsp3) is 0.333. The van der Waals surface area contributed by atoms with E-state index in [1.807, 2.05) is 50.2 Å². The second-order valence-corrected chi connectivity index (χ2v) is 5.73. The van der Waals surface area contributed by atoms with Crippen LogP contribution in [0.5, 0.6) is 0 Å². The van der Waals surface area contributed by atoms with Gasteiger partial charge in [0.05, 0.1) is 13.2 Å². The molecule has 2 rings (SSSR count). The molecular weight excluding hydrogens is 306 g/mol. The van der Waals surface area contributed by atoms with Crippen LogP contribution in [0.1, 0.15) is 22.4 Å². The number of H-pyrrole nitrogens is 1. The van der Waals surface area contributed by atoms with Gasteiger partial charge in [0.25, 0.3) is 5.56 Å². The molecular formula is C18H23N3O3. The summed E-state index contributed by atoms with van der Waals surface area (Å²) in [5, 5.41) is 12.0. The zero-order valence-corrected chi connectivity index (χ0v) is 14.0. The molecule has 0 saturated carbocycles. The smallest absolute Gasteiger partial charge is 0.318 e. The molecule has 1 aromatic heterocycles. The van der Waals surface area contributed by atoms with Crippen molar-refractivity contribution in [3.8, 4) is 0 Å². The number of benzene rings is 1. The molecule has 0 fully saturated rings. The van der Waals surface area contributed by atoms with Crippen LogP contribution in [0.4, 0.5) is 4.79 Å². The molecule has 0 atom stereocenters. The van der Waals surface area contributed by atoms with E-state index in [0.717, 1.165) is 16.8 Å². The molecule has 1 heterocycles. The molecule has 0 aliphatic carbocycles. The maximum absolute atomic E-state index is 12.4. The Kier molecular flexibility index (Phi) is 6.14. The van der Waals surface area contributed by atoms with Gasteiger partial charge in [0, 0.05) is 24.3 Å². The Morgan fingerprint density at radius 1 is 1.25 bits per heavy atom. The van der Waals surface area contributed by atoms with Crippen molar-refractivity contribution in [2.24, 2.45) is 0 Å². The second kappa shape index (κ2) is 8.31. The van der Waals surface area contributed by atoms with Gasteiger partial charge in [0.15, 0.2) is 0 Å². The number of pyridine rings is 1. The maximum Gasteiger partial charge on any atom is 0.318 e. The van der Waals surface area contributed by atoms with Crippen molar-refractivity contribution in [2.45, 2.75) is 26.9 Å². The van der Waals surface area contributed by atoms with Crippen LogP contribution in [-0.4, -0.2) is 34.2 Å². The largest absolute Gasteiger partial charge is 0.395 e. The number of hydrogen-bond donors (Lipinski definition) is 3. The topological polar surface area (TPSA) is 85.4 Å². The van der Waals surface area contributed by atoms with E-state index in [-0.39, 0.29) is 31.3 Å². The average molecular weight is 329 g/mol. The van der Waals surface area contributed by atoms with E-state index < -0.39 is 0 Å². The lowest BCUT2D eigenvalue weighted by Gasteiger charge is -2.22. The number of nitrogens with one attached hydrogen (secondary N) is 2. The van der Waals surface area contributed by atoms with E-state index in [2.05, 4.69) is 10.3 Å². The van der Waals surface area contributed by atoms with Crippen LogP contribution in [-0.2, 0) is 13.1 Å². The normalized spacial score (nSPS) is 10.5. The molecule has 3 N–H and O–H groups in total. The number of aryl methyl sites for hydroxylation is 2. The summed E-state index contributed by atoms with van der Waals surface area (Å²) in [6, 6.07) is 11.1. The molecule has 24 heavy (non-hydrogen) atoms. The van der Waals surface area contributed by atoms with Crippen LogP contribution in [0.3, 0.4) is 0 Å². The van der Waals surface area contributed by atoms with Gasteiger partial charge in [0.1, 0.15) is 0 Å². The predicted molar refractivity (Wildman–Crippen MR) is 92.7 cm³/mol. The number of amides is 2. The first-order valence-corrected chi connectivity index (χ1v) is 7.88. The lowest BCUT2D eigenvalue weighted by Crippen LogP contribution is -2.41. The monoisotopic (exact) mass is 329 g/mol. The van der Waals surface area contributed by atoms with Crippen molar-refractivity contribution < 1.29 is 9.90 Å². The van der Waals surface area contributed by atoms with Crippen LogP contribution in [0, 0.1) is 13.8 Å². The van der Waals surface area contributed by atoms with Gasteiger partial charge in [-0.15, -0.1) is 0 Å². The molecule has 2 aromatic rings. The summed E-state index contributed by atoms with van der Waals surface area (Å²) in [7, 11) is 0. The molecule has 0 unspecified atom stereocenters. The molecule has 0 saturated heterocycles. The fourth-order valence-corrected chi connectivity index (χ4v) is 2.55. The highest BCUT2D eigenvalue weighted by atomic mass is 16.3. The van der Waals surface area contributed by atoms with Crippen LogP contribution in [0.15, 0.2) is 41.2 Å². The van der Waals surface area contributed by atoms with Gasteiger partial charge < -0.3 is 20.3 Å². The first-order chi connectivity index (χ1) is 11.5. The Morgan fingerprint density at radius 2 is 1.96 bits per heavy atom. The molecule has 0 spiro atoms. The number of rotatable bonds is 6. The molecule has 6 heteroatoms. The summed E-state index contributed by atoms with van der Waals surface area (Å²) < 4.78 is 0. The van der Waals surface area contributed by atoms with Crippen molar-refractivity contribution in [1.29, 1.82) is 0 Å². The summed E-state index contributed by atoms with van der Waals surface area (Å²) in [5.74, 6) is 0. The SMILES string of the molecule is Cc1cc(C)c(CNC(=O)N(CCO)Cc2ccccc2)c(=O)[nH]1. The number of aliphatic hydroxyl groups is 1. The molecule has 2 amide bonds. The van der Waals surface area contributed by atoms with Gasteiger partial charge in [-0.3, -0.25) is 4.79 Å². The third kappa shape index (κ3) is 4.70.